The van der Waals surface area contributed by atoms with Crippen LogP contribution in [0.2, 0.25) is 0 Å². The van der Waals surface area contributed by atoms with Gasteiger partial charge in [-0.2, -0.15) is 5.26 Å². The molecule has 0 unspecified atom stereocenters. The molecule has 0 radical (unpaired) electrons. The molecule has 0 atom stereocenters. The van der Waals surface area contributed by atoms with Gasteiger partial charge in [0, 0.05) is 6.42 Å². The maximum atomic E-state index is 10.7. The van der Waals surface area contributed by atoms with Crippen molar-refractivity contribution < 1.29 is 19.5 Å². The van der Waals surface area contributed by atoms with Crippen molar-refractivity contribution in [1.29, 1.82) is 0 Å². The van der Waals surface area contributed by atoms with Crippen LogP contribution in [-0.4, -0.2) is 34.0 Å². The van der Waals surface area contributed by atoms with E-state index in [9.17, 15) is 9.35 Å². The van der Waals surface area contributed by atoms with Crippen LogP contribution in [0.4, 0.5) is 0 Å². The summed E-state index contributed by atoms with van der Waals surface area (Å²) in [5.74, 6) is 0.492. The molecule has 0 saturated carbocycles. The molecular weight excluding hydrogens is 360 g/mol. The zero-order chi connectivity index (χ0) is 20.2. The third kappa shape index (κ3) is 23.7. The standard InChI is InChI=1S/C22H46O4S/c1-27(2,25)21-19-17-15-13-11-9-7-5-3-4-6-8-10-12-14-16-18-20-22(23)26-24/h24-25H,3-21H2,1-2H3. The van der Waals surface area contributed by atoms with E-state index < -0.39 is 16.3 Å². The Labute approximate surface area is 169 Å². The van der Waals surface area contributed by atoms with E-state index in [1.165, 1.54) is 96.3 Å². The van der Waals surface area contributed by atoms with Crippen LogP contribution in [0, 0.1) is 0 Å². The van der Waals surface area contributed by atoms with Gasteiger partial charge in [-0.25, -0.2) is 4.79 Å². The quantitative estimate of drug-likeness (QED) is 0.124. The van der Waals surface area contributed by atoms with Crippen molar-refractivity contribution >= 4 is 16.3 Å². The Morgan fingerprint density at radius 1 is 0.630 bits per heavy atom. The SMILES string of the molecule is CS(C)(O)CCCCCCCCCCCCCCCCCCCC(=O)OO. The Morgan fingerprint density at radius 2 is 0.926 bits per heavy atom. The lowest BCUT2D eigenvalue weighted by atomic mass is 10.0. The number of carbonyl (C=O) groups is 1. The second-order valence-corrected chi connectivity index (χ2v) is 11.8. The number of hydrogen-bond acceptors (Lipinski definition) is 4. The summed E-state index contributed by atoms with van der Waals surface area (Å²) >= 11 is 0. The topological polar surface area (TPSA) is 66.8 Å². The molecule has 0 rings (SSSR count). The molecule has 0 saturated heterocycles. The molecule has 0 aromatic heterocycles. The molecule has 2 N–H and O–H groups in total. The number of unbranched alkanes of at least 4 members (excludes halogenated alkanes) is 16. The molecule has 0 amide bonds. The van der Waals surface area contributed by atoms with Gasteiger partial charge in [0.15, 0.2) is 0 Å². The van der Waals surface area contributed by atoms with E-state index in [4.69, 9.17) is 5.26 Å². The Bertz CT molecular complexity index is 329. The van der Waals surface area contributed by atoms with Crippen LogP contribution in [0.5, 0.6) is 0 Å². The summed E-state index contributed by atoms with van der Waals surface area (Å²) in [6.07, 6.45) is 26.1. The zero-order valence-corrected chi connectivity index (χ0v) is 18.9. The van der Waals surface area contributed by atoms with E-state index in [0.29, 0.717) is 6.42 Å². The fourth-order valence-corrected chi connectivity index (χ4v) is 4.33. The summed E-state index contributed by atoms with van der Waals surface area (Å²) in [7, 11) is -1.27. The summed E-state index contributed by atoms with van der Waals surface area (Å²) in [5, 5.41) is 8.14. The summed E-state index contributed by atoms with van der Waals surface area (Å²) in [6.45, 7) is 0. The minimum absolute atomic E-state index is 0.333. The van der Waals surface area contributed by atoms with Crippen molar-refractivity contribution in [1.82, 2.24) is 0 Å². The van der Waals surface area contributed by atoms with Crippen LogP contribution in [0.25, 0.3) is 0 Å². The van der Waals surface area contributed by atoms with Gasteiger partial charge in [-0.05, 0) is 31.1 Å². The Morgan fingerprint density at radius 3 is 1.22 bits per heavy atom. The molecule has 0 aliphatic rings. The average molecular weight is 407 g/mol. The monoisotopic (exact) mass is 406 g/mol. The van der Waals surface area contributed by atoms with Crippen LogP contribution >= 0.6 is 10.3 Å². The van der Waals surface area contributed by atoms with Crippen LogP contribution in [0.1, 0.15) is 116 Å². The summed E-state index contributed by atoms with van der Waals surface area (Å²) in [5.41, 5.74) is 0. The molecule has 27 heavy (non-hydrogen) atoms. The summed E-state index contributed by atoms with van der Waals surface area (Å²) < 4.78 is 9.74. The van der Waals surface area contributed by atoms with Crippen LogP contribution in [-0.2, 0) is 9.68 Å². The van der Waals surface area contributed by atoms with E-state index in [1.807, 2.05) is 12.5 Å². The fourth-order valence-electron chi connectivity index (χ4n) is 3.42. The highest BCUT2D eigenvalue weighted by Gasteiger charge is 2.04. The van der Waals surface area contributed by atoms with Gasteiger partial charge in [0.25, 0.3) is 0 Å². The highest BCUT2D eigenvalue weighted by atomic mass is 32.3. The molecule has 0 heterocycles. The minimum Gasteiger partial charge on any atom is -0.352 e. The minimum atomic E-state index is -1.27. The van der Waals surface area contributed by atoms with E-state index in [0.717, 1.165) is 18.6 Å². The zero-order valence-electron chi connectivity index (χ0n) is 18.1. The highest BCUT2D eigenvalue weighted by Crippen LogP contribution is 2.35. The van der Waals surface area contributed by atoms with Crippen molar-refractivity contribution in [2.75, 3.05) is 18.3 Å². The molecule has 0 aromatic carbocycles. The maximum absolute atomic E-state index is 10.7. The summed E-state index contributed by atoms with van der Waals surface area (Å²) in [4.78, 5) is 14.4. The number of rotatable bonds is 20. The van der Waals surface area contributed by atoms with Crippen molar-refractivity contribution in [3.8, 4) is 0 Å². The van der Waals surface area contributed by atoms with Gasteiger partial charge in [0.2, 0.25) is 0 Å². The molecule has 0 aromatic rings. The third-order valence-electron chi connectivity index (χ3n) is 5.13. The Hall–Kier alpha value is -0.260. The second kappa shape index (κ2) is 19.1. The average Bonchev–Trinajstić information content (AvgIpc) is 2.62. The first kappa shape index (κ1) is 26.7. The molecule has 5 heteroatoms. The van der Waals surface area contributed by atoms with Gasteiger partial charge in [-0.3, -0.25) is 0 Å². The lowest BCUT2D eigenvalue weighted by Crippen LogP contribution is -1.99. The molecule has 0 aliphatic carbocycles. The van der Waals surface area contributed by atoms with Crippen molar-refractivity contribution in [3.63, 3.8) is 0 Å². The first-order valence-electron chi connectivity index (χ1n) is 11.2. The van der Waals surface area contributed by atoms with Crippen molar-refractivity contribution in [2.45, 2.75) is 116 Å². The van der Waals surface area contributed by atoms with Gasteiger partial charge < -0.3 is 9.44 Å². The normalized spacial score (nSPS) is 12.3. The number of carbonyl (C=O) groups excluding carboxylic acids is 1. The predicted octanol–water partition coefficient (Wildman–Crippen LogP) is 7.56. The smallest absolute Gasteiger partial charge is 0.342 e. The van der Waals surface area contributed by atoms with Gasteiger partial charge in [-0.1, -0.05) is 96.3 Å². The molecule has 0 aliphatic heterocycles. The Balaban J connectivity index is 3.06. The van der Waals surface area contributed by atoms with Gasteiger partial charge >= 0.3 is 5.97 Å². The lowest BCUT2D eigenvalue weighted by Gasteiger charge is -2.22. The van der Waals surface area contributed by atoms with Gasteiger partial charge in [-0.15, -0.1) is 10.3 Å². The first-order chi connectivity index (χ1) is 13.0. The highest BCUT2D eigenvalue weighted by molar-refractivity contribution is 8.28. The van der Waals surface area contributed by atoms with Crippen molar-refractivity contribution in [2.24, 2.45) is 0 Å². The fraction of sp³-hybridized carbons (Fsp3) is 0.955. The van der Waals surface area contributed by atoms with E-state index >= 15 is 0 Å². The van der Waals surface area contributed by atoms with Crippen molar-refractivity contribution in [3.05, 3.63) is 0 Å². The lowest BCUT2D eigenvalue weighted by molar-refractivity contribution is -0.234. The van der Waals surface area contributed by atoms with E-state index in [-0.39, 0.29) is 0 Å². The van der Waals surface area contributed by atoms with Crippen LogP contribution in [0.15, 0.2) is 0 Å². The molecule has 164 valence electrons. The maximum Gasteiger partial charge on any atom is 0.342 e. The first-order valence-corrected chi connectivity index (χ1v) is 13.8. The molecular formula is C22H46O4S. The van der Waals surface area contributed by atoms with Gasteiger partial charge in [0.05, 0.1) is 0 Å². The summed E-state index contributed by atoms with van der Waals surface area (Å²) in [6, 6.07) is 0. The predicted molar refractivity (Wildman–Crippen MR) is 119 cm³/mol. The molecule has 0 bridgehead atoms. The number of hydrogen-bond donors (Lipinski definition) is 2. The van der Waals surface area contributed by atoms with E-state index in [1.54, 1.807) is 0 Å². The van der Waals surface area contributed by atoms with Crippen LogP contribution in [0.3, 0.4) is 0 Å². The molecule has 0 spiro atoms. The third-order valence-corrected chi connectivity index (χ3v) is 6.41. The molecule has 0 fully saturated rings. The largest absolute Gasteiger partial charge is 0.352 e. The Kier molecular flexibility index (Phi) is 18.9. The van der Waals surface area contributed by atoms with Gasteiger partial charge in [0.1, 0.15) is 0 Å². The van der Waals surface area contributed by atoms with Crippen LogP contribution < -0.4 is 0 Å². The molecule has 4 nitrogen and oxygen atoms in total. The second-order valence-electron chi connectivity index (χ2n) is 8.41. The van der Waals surface area contributed by atoms with E-state index in [2.05, 4.69) is 4.89 Å².